The van der Waals surface area contributed by atoms with Gasteiger partial charge in [-0.15, -0.1) is 21.5 Å². The van der Waals surface area contributed by atoms with Crippen LogP contribution in [0.25, 0.3) is 21.7 Å². The van der Waals surface area contributed by atoms with Crippen molar-refractivity contribution >= 4 is 46.5 Å². The molecule has 1 unspecified atom stereocenters. The van der Waals surface area contributed by atoms with Gasteiger partial charge in [-0.2, -0.15) is 0 Å². The van der Waals surface area contributed by atoms with E-state index in [0.29, 0.717) is 41.0 Å². The van der Waals surface area contributed by atoms with E-state index in [1.807, 2.05) is 68.1 Å². The van der Waals surface area contributed by atoms with Crippen LogP contribution in [0.15, 0.2) is 84.3 Å². The van der Waals surface area contributed by atoms with Crippen LogP contribution in [-0.4, -0.2) is 145 Å². The number of phenolic OH excluding ortho intramolecular Hbond substituents is 1. The van der Waals surface area contributed by atoms with Crippen LogP contribution in [-0.2, 0) is 14.3 Å². The van der Waals surface area contributed by atoms with Crippen molar-refractivity contribution in [1.82, 2.24) is 45.6 Å². The number of carbonyl (C=O) groups is 2. The molecule has 4 atom stereocenters. The Hall–Kier alpha value is -7.03. The topological polar surface area (TPSA) is 262 Å². The SMILES string of the molecule is CNC(=N)c1nnc(-c2ccccc2O)cc1NC1CCN(c2ncc(C3CCN(CCOC(=N)/C=C(\O)C(C(=O)N4C[C@H](O)C[C@H]4C(=O)N[C@@H](C)c4ccc(-c5scnc5C)cc4)C(C)C)CC3)cn2)CC1. The molecule has 0 radical (unpaired) electrons. The Bertz CT molecular complexity index is 2750. The van der Waals surface area contributed by atoms with E-state index in [4.69, 9.17) is 25.5 Å². The molecule has 8 N–H and O–H groups in total. The number of aliphatic hydroxyl groups is 2. The molecule has 3 aromatic heterocycles. The quantitative estimate of drug-likeness (QED) is 0.0284. The standard InChI is InChI=1S/C53H67N13O6S/c1-31(2)47(52(71)66-29-39(67)24-43(66)51(70)60-32(3)34-10-12-36(13-11-34)49-33(4)59-30-73-49)45(69)26-46(54)72-23-22-64-18-14-35(15-19-64)37-27-57-53(58-28-37)65-20-16-38(17-21-65)61-42-25-41(40-8-6-7-9-44(40)68)62-63-48(42)50(55)56-5/h6-13,25-28,30-32,35,38-39,43,47,54,67-69H,14-24,29H2,1-5H3,(H2,55,56)(H,60,70)(H,61,62)/b45-26-,54-46?/t32-,39+,43-,47?/m0/s1. The zero-order chi connectivity index (χ0) is 51.8. The van der Waals surface area contributed by atoms with Gasteiger partial charge in [0.05, 0.1) is 45.5 Å². The first kappa shape index (κ1) is 52.3. The van der Waals surface area contributed by atoms with Crippen molar-refractivity contribution < 1.29 is 29.6 Å². The minimum atomic E-state index is -1.05. The number of aryl methyl sites for hydroxylation is 1. The molecule has 20 heteroatoms. The van der Waals surface area contributed by atoms with Gasteiger partial charge in [-0.1, -0.05) is 50.2 Å². The monoisotopic (exact) mass is 1010 g/mol. The van der Waals surface area contributed by atoms with Crippen LogP contribution in [0.4, 0.5) is 11.6 Å². The van der Waals surface area contributed by atoms with Crippen molar-refractivity contribution in [2.24, 2.45) is 11.8 Å². The number of nitrogens with zero attached hydrogens (tertiary/aromatic N) is 8. The van der Waals surface area contributed by atoms with Gasteiger partial charge in [-0.25, -0.2) is 15.0 Å². The number of nitrogens with one attached hydrogen (secondary N) is 5. The Balaban J connectivity index is 0.770. The van der Waals surface area contributed by atoms with E-state index in [9.17, 15) is 24.9 Å². The summed E-state index contributed by atoms with van der Waals surface area (Å²) < 4.78 is 5.73. The Labute approximate surface area is 430 Å². The molecule has 73 heavy (non-hydrogen) atoms. The number of rotatable bonds is 17. The number of β-amino-alcohol motifs (C(OH)–C–C–N with tert-alkyl or cyclic N) is 1. The van der Waals surface area contributed by atoms with Gasteiger partial charge in [0.1, 0.15) is 30.0 Å². The second-order valence-electron chi connectivity index (χ2n) is 19.5. The fourth-order valence-corrected chi connectivity index (χ4v) is 10.8. The van der Waals surface area contributed by atoms with Crippen LogP contribution in [0.5, 0.6) is 5.75 Å². The third kappa shape index (κ3) is 12.6. The van der Waals surface area contributed by atoms with Gasteiger partial charge in [0.25, 0.3) is 0 Å². The number of ether oxygens (including phenoxy) is 1. The second-order valence-corrected chi connectivity index (χ2v) is 20.3. The van der Waals surface area contributed by atoms with Crippen molar-refractivity contribution in [3.8, 4) is 27.4 Å². The Morgan fingerprint density at radius 2 is 1.67 bits per heavy atom. The number of aliphatic hydroxyl groups excluding tert-OH is 2. The van der Waals surface area contributed by atoms with Crippen molar-refractivity contribution in [2.75, 3.05) is 63.1 Å². The lowest BCUT2D eigenvalue weighted by Gasteiger charge is -2.34. The van der Waals surface area contributed by atoms with Gasteiger partial charge in [-0.05, 0) is 99.3 Å². The van der Waals surface area contributed by atoms with Crippen LogP contribution in [0, 0.1) is 29.6 Å². The van der Waals surface area contributed by atoms with Crippen LogP contribution in [0.3, 0.4) is 0 Å². The molecule has 2 aromatic carbocycles. The summed E-state index contributed by atoms with van der Waals surface area (Å²) in [6, 6.07) is 15.6. The largest absolute Gasteiger partial charge is 0.511 e. The molecular weight excluding hydrogens is 947 g/mol. The summed E-state index contributed by atoms with van der Waals surface area (Å²) in [5.41, 5.74) is 7.98. The summed E-state index contributed by atoms with van der Waals surface area (Å²) >= 11 is 1.57. The molecule has 8 rings (SSSR count). The zero-order valence-corrected chi connectivity index (χ0v) is 42.9. The number of aromatic hydroxyl groups is 1. The fraction of sp³-hybridized carbons (Fsp3) is 0.453. The third-order valence-corrected chi connectivity index (χ3v) is 15.1. The lowest BCUT2D eigenvalue weighted by Crippen LogP contribution is -2.49. The molecule has 3 aliphatic heterocycles. The van der Waals surface area contributed by atoms with Crippen molar-refractivity contribution in [3.05, 3.63) is 107 Å². The van der Waals surface area contributed by atoms with Crippen molar-refractivity contribution in [2.45, 2.75) is 89.9 Å². The summed E-state index contributed by atoms with van der Waals surface area (Å²) in [7, 11) is 1.67. The van der Waals surface area contributed by atoms with Crippen LogP contribution >= 0.6 is 11.3 Å². The number of hydrogen-bond donors (Lipinski definition) is 8. The molecule has 19 nitrogen and oxygen atoms in total. The average molecular weight is 1010 g/mol. The molecule has 0 bridgehead atoms. The maximum Gasteiger partial charge on any atom is 0.243 e. The van der Waals surface area contributed by atoms with Gasteiger partial charge < -0.3 is 45.8 Å². The highest BCUT2D eigenvalue weighted by Crippen LogP contribution is 2.33. The minimum Gasteiger partial charge on any atom is -0.511 e. The predicted octanol–water partition coefficient (Wildman–Crippen LogP) is 6.42. The lowest BCUT2D eigenvalue weighted by atomic mass is 9.91. The number of aromatic nitrogens is 5. The first-order valence-corrected chi connectivity index (χ1v) is 25.9. The smallest absolute Gasteiger partial charge is 0.243 e. The number of likely N-dealkylation sites (tertiary alicyclic amines) is 2. The van der Waals surface area contributed by atoms with Gasteiger partial charge in [-0.3, -0.25) is 25.3 Å². The molecule has 386 valence electrons. The van der Waals surface area contributed by atoms with Crippen LogP contribution in [0.1, 0.15) is 87.3 Å². The molecule has 2 amide bonds. The highest BCUT2D eigenvalue weighted by atomic mass is 32.1. The number of piperidine rings is 2. The van der Waals surface area contributed by atoms with Gasteiger partial charge in [0, 0.05) is 69.7 Å². The molecule has 0 saturated carbocycles. The van der Waals surface area contributed by atoms with E-state index in [1.54, 1.807) is 50.4 Å². The van der Waals surface area contributed by atoms with E-state index in [-0.39, 0.29) is 66.7 Å². The number of amides is 2. The molecule has 5 aromatic rings. The van der Waals surface area contributed by atoms with Crippen LogP contribution in [0.2, 0.25) is 0 Å². The Kier molecular flexibility index (Phi) is 17.0. The summed E-state index contributed by atoms with van der Waals surface area (Å²) in [5.74, 6) is -1.63. The molecule has 3 aliphatic rings. The van der Waals surface area contributed by atoms with Crippen LogP contribution < -0.4 is 20.9 Å². The summed E-state index contributed by atoms with van der Waals surface area (Å²) in [5, 5.41) is 67.3. The molecule has 0 spiro atoms. The number of anilines is 2. The molecule has 6 heterocycles. The number of benzene rings is 2. The summed E-state index contributed by atoms with van der Waals surface area (Å²) in [6.45, 7) is 11.4. The average Bonchev–Trinajstić information content (AvgIpc) is 4.01. The number of thiazole rings is 1. The van der Waals surface area contributed by atoms with E-state index >= 15 is 0 Å². The van der Waals surface area contributed by atoms with E-state index < -0.39 is 24.0 Å². The second kappa shape index (κ2) is 23.7. The van der Waals surface area contributed by atoms with Gasteiger partial charge in [0.15, 0.2) is 5.69 Å². The Morgan fingerprint density at radius 3 is 2.33 bits per heavy atom. The van der Waals surface area contributed by atoms with Crippen molar-refractivity contribution in [1.29, 1.82) is 10.8 Å². The first-order chi connectivity index (χ1) is 35.2. The molecule has 0 aliphatic carbocycles. The van der Waals surface area contributed by atoms with Gasteiger partial charge in [0.2, 0.25) is 23.7 Å². The third-order valence-electron chi connectivity index (χ3n) is 14.2. The highest BCUT2D eigenvalue weighted by Gasteiger charge is 2.43. The lowest BCUT2D eigenvalue weighted by molar-refractivity contribution is -0.142. The Morgan fingerprint density at radius 1 is 0.959 bits per heavy atom. The molecule has 3 fully saturated rings. The number of para-hydroxylation sites is 1. The van der Waals surface area contributed by atoms with E-state index in [2.05, 4.69) is 40.9 Å². The van der Waals surface area contributed by atoms with E-state index in [1.165, 1.54) is 11.0 Å². The zero-order valence-electron chi connectivity index (χ0n) is 42.1. The number of amidine groups is 1. The molecule has 3 saturated heterocycles. The first-order valence-electron chi connectivity index (χ1n) is 25.1. The van der Waals surface area contributed by atoms with E-state index in [0.717, 1.165) is 79.1 Å². The maximum absolute atomic E-state index is 14.1. The number of carbonyl (C=O) groups excluding carboxylic acids is 2. The molecular formula is C53H67N13O6S. The van der Waals surface area contributed by atoms with Crippen molar-refractivity contribution in [3.63, 3.8) is 0 Å². The normalized spacial score (nSPS) is 18.9. The summed E-state index contributed by atoms with van der Waals surface area (Å²) in [6.07, 6.45) is 7.71. The maximum atomic E-state index is 14.1. The number of phenols is 1. The highest BCUT2D eigenvalue weighted by molar-refractivity contribution is 7.13. The number of hydrogen-bond acceptors (Lipinski definition) is 17. The minimum absolute atomic E-state index is 0.0442. The predicted molar refractivity (Wildman–Crippen MR) is 282 cm³/mol. The fourth-order valence-electron chi connectivity index (χ4n) is 9.95. The summed E-state index contributed by atoms with van der Waals surface area (Å²) in [4.78, 5) is 48.5. The van der Waals surface area contributed by atoms with Gasteiger partial charge >= 0.3 is 0 Å².